The number of carbonyl (C=O) groups is 2. The first kappa shape index (κ1) is 24.9. The van der Waals surface area contributed by atoms with Gasteiger partial charge in [0.15, 0.2) is 5.96 Å². The minimum atomic E-state index is -0.674. The van der Waals surface area contributed by atoms with E-state index < -0.39 is 17.7 Å². The van der Waals surface area contributed by atoms with Crippen molar-refractivity contribution in [1.29, 1.82) is 0 Å². The van der Waals surface area contributed by atoms with Crippen LogP contribution in [0, 0.1) is 0 Å². The number of nitrogens with two attached hydrogens (primary N) is 1. The molecular weight excluding hydrogens is 480 g/mol. The monoisotopic (exact) mass is 516 g/mol. The molecule has 0 spiro atoms. The summed E-state index contributed by atoms with van der Waals surface area (Å²) in [7, 11) is 0. The van der Waals surface area contributed by atoms with Crippen LogP contribution in [0.2, 0.25) is 0 Å². The second kappa shape index (κ2) is 9.73. The Hall–Kier alpha value is -3.39. The smallest absolute Gasteiger partial charge is 0.251 e. The third kappa shape index (κ3) is 4.34. The van der Waals surface area contributed by atoms with Crippen molar-refractivity contribution >= 4 is 17.8 Å². The highest BCUT2D eigenvalue weighted by Crippen LogP contribution is 2.41. The Kier molecular flexibility index (Phi) is 6.38. The van der Waals surface area contributed by atoms with Crippen molar-refractivity contribution in [2.24, 2.45) is 10.7 Å². The van der Waals surface area contributed by atoms with Crippen molar-refractivity contribution in [1.82, 2.24) is 10.2 Å². The number of hydrogen-bond acceptors (Lipinski definition) is 6. The van der Waals surface area contributed by atoms with Gasteiger partial charge in [-0.05, 0) is 60.6 Å². The van der Waals surface area contributed by atoms with Crippen LogP contribution in [0.1, 0.15) is 96.6 Å². The van der Waals surface area contributed by atoms with E-state index in [4.69, 9.17) is 15.5 Å². The van der Waals surface area contributed by atoms with Crippen LogP contribution >= 0.6 is 0 Å². The van der Waals surface area contributed by atoms with E-state index in [2.05, 4.69) is 30.4 Å². The number of guanidine groups is 1. The molecule has 200 valence electrons. The summed E-state index contributed by atoms with van der Waals surface area (Å²) >= 11 is 0. The van der Waals surface area contributed by atoms with E-state index in [1.165, 1.54) is 5.56 Å². The molecule has 7 rings (SSSR count). The van der Waals surface area contributed by atoms with Gasteiger partial charge < -0.3 is 20.9 Å². The Balaban J connectivity index is 1.41. The zero-order valence-electron chi connectivity index (χ0n) is 21.9. The van der Waals surface area contributed by atoms with E-state index in [0.29, 0.717) is 37.2 Å². The predicted octanol–water partition coefficient (Wildman–Crippen LogP) is 3.71. The van der Waals surface area contributed by atoms with Gasteiger partial charge in [-0.3, -0.25) is 14.5 Å². The third-order valence-corrected chi connectivity index (χ3v) is 8.85. The molecule has 6 bridgehead atoms. The molecule has 38 heavy (non-hydrogen) atoms. The third-order valence-electron chi connectivity index (χ3n) is 8.85. The lowest BCUT2D eigenvalue weighted by Gasteiger charge is -2.42. The molecule has 5 aliphatic rings. The van der Waals surface area contributed by atoms with Crippen LogP contribution < -0.4 is 15.8 Å². The second-order valence-corrected chi connectivity index (χ2v) is 11.2. The van der Waals surface area contributed by atoms with E-state index in [1.54, 1.807) is 23.1 Å². The molecule has 2 aromatic carbocycles. The van der Waals surface area contributed by atoms with E-state index in [9.17, 15) is 14.7 Å². The van der Waals surface area contributed by atoms with Gasteiger partial charge in [0.05, 0.1) is 36.8 Å². The van der Waals surface area contributed by atoms with Crippen molar-refractivity contribution in [3.05, 3.63) is 64.2 Å². The number of hydrogen-bond donors (Lipinski definition) is 3. The Morgan fingerprint density at radius 1 is 1.16 bits per heavy atom. The molecule has 8 nitrogen and oxygen atoms in total. The first-order valence-electron chi connectivity index (χ1n) is 13.9. The molecule has 0 fully saturated rings. The van der Waals surface area contributed by atoms with Gasteiger partial charge in [0.1, 0.15) is 5.75 Å². The molecule has 0 saturated heterocycles. The first-order valence-corrected chi connectivity index (χ1v) is 13.9. The molecule has 0 aromatic heterocycles. The van der Waals surface area contributed by atoms with Crippen molar-refractivity contribution < 1.29 is 19.4 Å². The van der Waals surface area contributed by atoms with Gasteiger partial charge in [0.25, 0.3) is 5.91 Å². The number of carbonyl (C=O) groups excluding carboxylic acids is 2. The van der Waals surface area contributed by atoms with E-state index in [1.807, 2.05) is 0 Å². The predicted molar refractivity (Wildman–Crippen MR) is 144 cm³/mol. The SMILES string of the molecule is CC[C@@]12CCCCCc3ccc4c(c3)[C@@H](NC(=O)c3ccc5c(c3)[C@@H](CCO5)N(C(=O)C1)C(N)=N2)[C@H](O)C4. The molecule has 0 radical (unpaired) electrons. The van der Waals surface area contributed by atoms with Gasteiger partial charge >= 0.3 is 0 Å². The maximum absolute atomic E-state index is 13.6. The molecule has 2 aromatic rings. The fourth-order valence-electron chi connectivity index (χ4n) is 6.66. The molecule has 4 N–H and O–H groups in total. The molecular formula is C30H36N4O4. The van der Waals surface area contributed by atoms with Crippen LogP contribution in [0.4, 0.5) is 0 Å². The summed E-state index contributed by atoms with van der Waals surface area (Å²) in [4.78, 5) is 33.6. The number of ether oxygens (including phenoxy) is 1. The highest BCUT2D eigenvalue weighted by atomic mass is 16.5. The fourth-order valence-corrected chi connectivity index (χ4v) is 6.66. The van der Waals surface area contributed by atoms with Crippen molar-refractivity contribution in [3.63, 3.8) is 0 Å². The Morgan fingerprint density at radius 2 is 2.03 bits per heavy atom. The zero-order valence-corrected chi connectivity index (χ0v) is 21.9. The summed E-state index contributed by atoms with van der Waals surface area (Å²) in [5.74, 6) is 0.607. The second-order valence-electron chi connectivity index (χ2n) is 11.2. The molecule has 2 amide bonds. The average molecular weight is 517 g/mol. The number of aliphatic hydroxyl groups is 1. The number of benzene rings is 2. The fraction of sp³-hybridized carbons (Fsp3) is 0.500. The highest BCUT2D eigenvalue weighted by molar-refractivity contribution is 6.00. The number of aryl methyl sites for hydroxylation is 1. The van der Waals surface area contributed by atoms with Crippen molar-refractivity contribution in [2.75, 3.05) is 6.61 Å². The molecule has 4 heterocycles. The number of aliphatic hydroxyl groups excluding tert-OH is 1. The van der Waals surface area contributed by atoms with E-state index >= 15 is 0 Å². The van der Waals surface area contributed by atoms with E-state index in [-0.39, 0.29) is 23.8 Å². The van der Waals surface area contributed by atoms with Gasteiger partial charge in [-0.2, -0.15) is 0 Å². The lowest BCUT2D eigenvalue weighted by atomic mass is 9.84. The van der Waals surface area contributed by atoms with Gasteiger partial charge in [-0.25, -0.2) is 4.99 Å². The van der Waals surface area contributed by atoms with Crippen LogP contribution in [0.25, 0.3) is 0 Å². The molecule has 8 heteroatoms. The van der Waals surface area contributed by atoms with Crippen LogP contribution in [0.3, 0.4) is 0 Å². The van der Waals surface area contributed by atoms with E-state index in [0.717, 1.165) is 55.2 Å². The van der Waals surface area contributed by atoms with Crippen LogP contribution in [-0.2, 0) is 17.6 Å². The molecule has 0 saturated carbocycles. The first-order chi connectivity index (χ1) is 18.4. The molecule has 0 unspecified atom stereocenters. The zero-order chi connectivity index (χ0) is 26.4. The van der Waals surface area contributed by atoms with Gasteiger partial charge in [-0.15, -0.1) is 0 Å². The molecule has 1 aliphatic carbocycles. The molecule has 4 atom stereocenters. The number of rotatable bonds is 1. The number of aliphatic imine (C=N–C) groups is 1. The number of nitrogens with zero attached hydrogens (tertiary/aromatic N) is 2. The highest BCUT2D eigenvalue weighted by Gasteiger charge is 2.42. The maximum Gasteiger partial charge on any atom is 0.251 e. The quantitative estimate of drug-likeness (QED) is 0.534. The van der Waals surface area contributed by atoms with Crippen LogP contribution in [0.5, 0.6) is 5.75 Å². The summed E-state index contributed by atoms with van der Waals surface area (Å²) < 4.78 is 5.89. The van der Waals surface area contributed by atoms with Crippen molar-refractivity contribution in [2.45, 2.75) is 88.4 Å². The summed E-state index contributed by atoms with van der Waals surface area (Å²) in [6, 6.07) is 10.9. The summed E-state index contributed by atoms with van der Waals surface area (Å²) in [5.41, 5.74) is 10.6. The molecule has 4 aliphatic heterocycles. The lowest BCUT2D eigenvalue weighted by Crippen LogP contribution is -2.53. The number of amides is 2. The number of nitrogens with one attached hydrogen (secondary N) is 1. The van der Waals surface area contributed by atoms with Gasteiger partial charge in [0.2, 0.25) is 5.91 Å². The Morgan fingerprint density at radius 3 is 2.84 bits per heavy atom. The standard InChI is InChI=1S/C30H36N4O4/c1-2-30-12-5-3-4-6-18-7-8-19-16-24(35)27(21(19)14-18)32-28(37)20-9-10-25-22(15-20)23(11-13-38-25)34(26(36)17-30)29(31)33-30/h7-10,14-15,23-24,27,35H,2-6,11-13,16-17H2,1H3,(H2,31,33)(H,32,37)/t23-,24-,27-,30-/m1/s1. The minimum absolute atomic E-state index is 0.0254. The topological polar surface area (TPSA) is 117 Å². The maximum atomic E-state index is 13.6. The Bertz CT molecular complexity index is 1310. The minimum Gasteiger partial charge on any atom is -0.493 e. The number of fused-ring (bicyclic) bond motifs is 6. The van der Waals surface area contributed by atoms with Crippen molar-refractivity contribution in [3.8, 4) is 5.75 Å². The van der Waals surface area contributed by atoms with Gasteiger partial charge in [0, 0.05) is 24.0 Å². The van der Waals surface area contributed by atoms with Gasteiger partial charge in [-0.1, -0.05) is 38.0 Å². The summed E-state index contributed by atoms with van der Waals surface area (Å²) in [5, 5.41) is 13.9. The normalized spacial score (nSPS) is 29.1. The average Bonchev–Trinajstić information content (AvgIpc) is 3.21. The Labute approximate surface area is 223 Å². The lowest BCUT2D eigenvalue weighted by molar-refractivity contribution is -0.132. The largest absolute Gasteiger partial charge is 0.493 e. The summed E-state index contributed by atoms with van der Waals surface area (Å²) in [6.45, 7) is 2.53. The van der Waals surface area contributed by atoms with Crippen LogP contribution in [-0.4, -0.2) is 46.0 Å². The summed E-state index contributed by atoms with van der Waals surface area (Å²) in [6.07, 6.45) is 6.29. The van der Waals surface area contributed by atoms with Crippen LogP contribution in [0.15, 0.2) is 41.4 Å².